The summed E-state index contributed by atoms with van der Waals surface area (Å²) in [6, 6.07) is 9.01. The number of hydrogen-bond donors (Lipinski definition) is 2. The average molecular weight is 468 g/mol. The monoisotopic (exact) mass is 467 g/mol. The number of hydrogen-bond acceptors (Lipinski definition) is 6. The normalized spacial score (nSPS) is 21.8. The van der Waals surface area contributed by atoms with E-state index < -0.39 is 8.32 Å². The summed E-state index contributed by atoms with van der Waals surface area (Å²) in [4.78, 5) is 26.0. The molecule has 2 N–H and O–H groups in total. The minimum Gasteiger partial charge on any atom is -0.412 e. The molecule has 2 heterocycles. The van der Waals surface area contributed by atoms with E-state index in [0.717, 1.165) is 6.42 Å². The minimum absolute atomic E-state index is 0.0000925. The Bertz CT molecular complexity index is 1130. The first-order chi connectivity index (χ1) is 15.6. The lowest BCUT2D eigenvalue weighted by atomic mass is 9.90. The lowest BCUT2D eigenvalue weighted by Crippen LogP contribution is -2.48. The van der Waals surface area contributed by atoms with Crippen molar-refractivity contribution in [2.45, 2.75) is 76.4 Å². The van der Waals surface area contributed by atoms with Gasteiger partial charge in [-0.15, -0.1) is 0 Å². The third kappa shape index (κ3) is 4.85. The number of aliphatic hydroxyl groups is 1. The van der Waals surface area contributed by atoms with E-state index in [2.05, 4.69) is 54.1 Å². The second-order valence-electron chi connectivity index (χ2n) is 10.3. The molecular weight excluding hydrogens is 434 g/mol. The van der Waals surface area contributed by atoms with E-state index in [4.69, 9.17) is 4.43 Å². The predicted octanol–water partition coefficient (Wildman–Crippen LogP) is 4.55. The molecule has 0 bridgehead atoms. The second-order valence-corrected chi connectivity index (χ2v) is 15.1. The Morgan fingerprint density at radius 2 is 1.88 bits per heavy atom. The van der Waals surface area contributed by atoms with Crippen LogP contribution in [0.3, 0.4) is 0 Å². The summed E-state index contributed by atoms with van der Waals surface area (Å²) in [6.45, 7) is 11.1. The molecule has 3 aromatic rings. The van der Waals surface area contributed by atoms with Crippen LogP contribution >= 0.6 is 0 Å². The summed E-state index contributed by atoms with van der Waals surface area (Å²) in [5.74, 6) is 0.135. The molecule has 3 atom stereocenters. The Balaban J connectivity index is 1.64. The summed E-state index contributed by atoms with van der Waals surface area (Å²) in [5.41, 5.74) is 1.74. The highest BCUT2D eigenvalue weighted by Gasteiger charge is 2.43. The van der Waals surface area contributed by atoms with Crippen LogP contribution in [0.1, 0.15) is 56.4 Å². The molecule has 0 spiro atoms. The highest BCUT2D eigenvalue weighted by molar-refractivity contribution is 6.74. The highest BCUT2D eigenvalue weighted by Crippen LogP contribution is 2.42. The minimum atomic E-state index is -2.05. The smallest absolute Gasteiger partial charge is 0.256 e. The molecule has 0 unspecified atom stereocenters. The lowest BCUT2D eigenvalue weighted by Gasteiger charge is -2.44. The maximum atomic E-state index is 12.7. The van der Waals surface area contributed by atoms with E-state index in [1.54, 1.807) is 18.5 Å². The first-order valence-electron chi connectivity index (χ1n) is 11.5. The van der Waals surface area contributed by atoms with Gasteiger partial charge in [-0.3, -0.25) is 4.79 Å². The number of imidazole rings is 1. The van der Waals surface area contributed by atoms with Gasteiger partial charge in [0.15, 0.2) is 25.3 Å². The number of rotatable bonds is 5. The van der Waals surface area contributed by atoms with Gasteiger partial charge in [0.1, 0.15) is 6.33 Å². The van der Waals surface area contributed by atoms with E-state index in [9.17, 15) is 9.90 Å². The fourth-order valence-corrected chi connectivity index (χ4v) is 5.41. The largest absolute Gasteiger partial charge is 0.412 e. The number of fused-ring (bicyclic) bond motifs is 1. The van der Waals surface area contributed by atoms with Crippen LogP contribution in [0.4, 0.5) is 5.82 Å². The first-order valence-corrected chi connectivity index (χ1v) is 14.4. The fraction of sp³-hybridized carbons (Fsp3) is 0.500. The van der Waals surface area contributed by atoms with Crippen molar-refractivity contribution in [3.63, 3.8) is 0 Å². The van der Waals surface area contributed by atoms with Crippen LogP contribution in [0.5, 0.6) is 0 Å². The third-order valence-electron chi connectivity index (χ3n) is 6.97. The van der Waals surface area contributed by atoms with Gasteiger partial charge < -0.3 is 19.4 Å². The van der Waals surface area contributed by atoms with E-state index in [1.807, 2.05) is 22.8 Å². The molecule has 0 aliphatic heterocycles. The van der Waals surface area contributed by atoms with Gasteiger partial charge in [-0.25, -0.2) is 15.0 Å². The number of carbonyl (C=O) groups is 1. The fourth-order valence-electron chi connectivity index (χ4n) is 4.05. The number of benzene rings is 1. The number of carbonyl (C=O) groups excluding carboxylic acids is 1. The lowest BCUT2D eigenvalue weighted by molar-refractivity contribution is 0.0138. The van der Waals surface area contributed by atoms with E-state index in [0.29, 0.717) is 35.4 Å². The molecule has 0 radical (unpaired) electrons. The first kappa shape index (κ1) is 23.5. The molecule has 33 heavy (non-hydrogen) atoms. The van der Waals surface area contributed by atoms with Crippen molar-refractivity contribution >= 4 is 31.2 Å². The Kier molecular flexibility index (Phi) is 6.39. The molecule has 176 valence electrons. The zero-order valence-electron chi connectivity index (χ0n) is 19.9. The maximum Gasteiger partial charge on any atom is 0.256 e. The van der Waals surface area contributed by atoms with Crippen molar-refractivity contribution in [3.8, 4) is 0 Å². The predicted molar refractivity (Wildman–Crippen MR) is 131 cm³/mol. The van der Waals surface area contributed by atoms with Crippen molar-refractivity contribution in [1.29, 1.82) is 0 Å². The Morgan fingerprint density at radius 1 is 1.15 bits per heavy atom. The standard InChI is InChI=1S/C24H33N5O3Si/c1-24(2,3)33(4,5)32-19-13-17(30)11-12-18(19)29-15-27-20-21(25-14-26-22(20)29)28-23(31)16-9-7-6-8-10-16/h6-10,14-15,17-19,30H,11-13H2,1-5H3,(H,25,26,28,31)/t17-,18-,19-/m0/s1. The summed E-state index contributed by atoms with van der Waals surface area (Å²) < 4.78 is 8.80. The van der Waals surface area contributed by atoms with Crippen LogP contribution in [0.2, 0.25) is 18.1 Å². The summed E-state index contributed by atoms with van der Waals surface area (Å²) in [5, 5.41) is 13.3. The van der Waals surface area contributed by atoms with Crippen LogP contribution in [0.15, 0.2) is 43.0 Å². The number of nitrogens with one attached hydrogen (secondary N) is 1. The zero-order chi connectivity index (χ0) is 23.8. The number of aliphatic hydroxyl groups excluding tert-OH is 1. The molecule has 9 heteroatoms. The molecule has 1 amide bonds. The Hall–Kier alpha value is -2.62. The number of nitrogens with zero attached hydrogens (tertiary/aromatic N) is 4. The van der Waals surface area contributed by atoms with Crippen LogP contribution in [0.25, 0.3) is 11.2 Å². The van der Waals surface area contributed by atoms with E-state index >= 15 is 0 Å². The molecule has 1 aromatic carbocycles. The van der Waals surface area contributed by atoms with Gasteiger partial charge in [0, 0.05) is 12.0 Å². The summed E-state index contributed by atoms with van der Waals surface area (Å²) in [6.07, 6.45) is 4.74. The molecule has 8 nitrogen and oxygen atoms in total. The molecular formula is C24H33N5O3Si. The third-order valence-corrected chi connectivity index (χ3v) is 11.5. The molecule has 2 aromatic heterocycles. The van der Waals surface area contributed by atoms with Gasteiger partial charge in [0.05, 0.1) is 24.6 Å². The van der Waals surface area contributed by atoms with Gasteiger partial charge in [-0.05, 0) is 43.1 Å². The quantitative estimate of drug-likeness (QED) is 0.534. The van der Waals surface area contributed by atoms with Gasteiger partial charge in [0.2, 0.25) is 0 Å². The topological polar surface area (TPSA) is 102 Å². The number of amides is 1. The van der Waals surface area contributed by atoms with Gasteiger partial charge >= 0.3 is 0 Å². The average Bonchev–Trinajstić information content (AvgIpc) is 3.18. The van der Waals surface area contributed by atoms with Gasteiger partial charge in [-0.2, -0.15) is 0 Å². The molecule has 1 aliphatic carbocycles. The van der Waals surface area contributed by atoms with E-state index in [1.165, 1.54) is 6.33 Å². The number of aromatic nitrogens is 4. The second kappa shape index (κ2) is 8.96. The molecule has 1 saturated carbocycles. The van der Waals surface area contributed by atoms with E-state index in [-0.39, 0.29) is 29.2 Å². The molecule has 1 aliphatic rings. The molecule has 1 fully saturated rings. The summed E-state index contributed by atoms with van der Waals surface area (Å²) in [7, 11) is -2.05. The van der Waals surface area contributed by atoms with Crippen LogP contribution in [-0.4, -0.2) is 51.1 Å². The highest BCUT2D eigenvalue weighted by atomic mass is 28.4. The summed E-state index contributed by atoms with van der Waals surface area (Å²) >= 11 is 0. The Morgan fingerprint density at radius 3 is 2.58 bits per heavy atom. The number of anilines is 1. The SMILES string of the molecule is CC(C)(C)[Si](C)(C)O[C@H]1C[C@@H](O)CC[C@@H]1n1cnc2c(NC(=O)c3ccccc3)ncnc21. The van der Waals surface area contributed by atoms with Crippen molar-refractivity contribution in [2.24, 2.45) is 0 Å². The Labute approximate surface area is 195 Å². The van der Waals surface area contributed by atoms with Crippen LogP contribution in [-0.2, 0) is 4.43 Å². The van der Waals surface area contributed by atoms with Crippen molar-refractivity contribution in [3.05, 3.63) is 48.5 Å². The zero-order valence-corrected chi connectivity index (χ0v) is 20.9. The van der Waals surface area contributed by atoms with Crippen molar-refractivity contribution in [2.75, 3.05) is 5.32 Å². The molecule has 4 rings (SSSR count). The van der Waals surface area contributed by atoms with Crippen LogP contribution in [0, 0.1) is 0 Å². The van der Waals surface area contributed by atoms with Crippen LogP contribution < -0.4 is 5.32 Å². The molecule has 0 saturated heterocycles. The maximum absolute atomic E-state index is 12.7. The van der Waals surface area contributed by atoms with Crippen molar-refractivity contribution < 1.29 is 14.3 Å². The van der Waals surface area contributed by atoms with Gasteiger partial charge in [-0.1, -0.05) is 39.0 Å². The van der Waals surface area contributed by atoms with Crippen molar-refractivity contribution in [1.82, 2.24) is 19.5 Å². The van der Waals surface area contributed by atoms with Gasteiger partial charge in [0.25, 0.3) is 5.91 Å².